The zero-order valence-electron chi connectivity index (χ0n) is 10.7. The third kappa shape index (κ3) is 2.40. The summed E-state index contributed by atoms with van der Waals surface area (Å²) in [6, 6.07) is 10.3. The van der Waals surface area contributed by atoms with Crippen molar-refractivity contribution in [2.24, 2.45) is 0 Å². The van der Waals surface area contributed by atoms with Crippen LogP contribution in [0.3, 0.4) is 0 Å². The Labute approximate surface area is 107 Å². The van der Waals surface area contributed by atoms with Crippen LogP contribution in [0.25, 0.3) is 0 Å². The molecule has 0 fully saturated rings. The Morgan fingerprint density at radius 3 is 2.78 bits per heavy atom. The van der Waals surface area contributed by atoms with Crippen LogP contribution >= 0.6 is 0 Å². The van der Waals surface area contributed by atoms with Gasteiger partial charge in [-0.1, -0.05) is 42.8 Å². The average Bonchev–Trinajstić information content (AvgIpc) is 2.75. The number of rotatable bonds is 4. The van der Waals surface area contributed by atoms with Crippen LogP contribution in [0.5, 0.6) is 0 Å². The minimum atomic E-state index is 0.449. The molecule has 0 saturated carbocycles. The Balaban J connectivity index is 2.32. The van der Waals surface area contributed by atoms with Gasteiger partial charge in [-0.15, -0.1) is 5.10 Å². The van der Waals surface area contributed by atoms with Gasteiger partial charge in [0.15, 0.2) is 5.69 Å². The van der Waals surface area contributed by atoms with Crippen molar-refractivity contribution in [1.29, 1.82) is 5.26 Å². The zero-order valence-corrected chi connectivity index (χ0v) is 10.7. The van der Waals surface area contributed by atoms with Crippen LogP contribution in [0, 0.1) is 18.3 Å². The van der Waals surface area contributed by atoms with E-state index in [1.165, 1.54) is 11.1 Å². The highest BCUT2D eigenvalue weighted by Gasteiger charge is 2.12. The molecule has 2 rings (SSSR count). The summed E-state index contributed by atoms with van der Waals surface area (Å²) in [6.07, 6.45) is 1.82. The lowest BCUT2D eigenvalue weighted by Gasteiger charge is -2.08. The van der Waals surface area contributed by atoms with Crippen molar-refractivity contribution in [3.8, 4) is 6.07 Å². The molecule has 18 heavy (non-hydrogen) atoms. The lowest BCUT2D eigenvalue weighted by molar-refractivity contribution is 0.611. The van der Waals surface area contributed by atoms with Crippen molar-refractivity contribution in [2.75, 3.05) is 0 Å². The summed E-state index contributed by atoms with van der Waals surface area (Å²) < 4.78 is 1.84. The Hall–Kier alpha value is -2.15. The largest absolute Gasteiger partial charge is 0.244 e. The molecule has 92 valence electrons. The van der Waals surface area contributed by atoms with Crippen LogP contribution in [0.15, 0.2) is 24.3 Å². The van der Waals surface area contributed by atoms with Gasteiger partial charge in [-0.05, 0) is 24.5 Å². The lowest BCUT2D eigenvalue weighted by atomic mass is 10.1. The van der Waals surface area contributed by atoms with Crippen LogP contribution in [-0.2, 0) is 13.0 Å². The number of nitrogens with zero attached hydrogens (tertiary/aromatic N) is 4. The molecule has 1 aromatic heterocycles. The topological polar surface area (TPSA) is 54.5 Å². The highest BCUT2D eigenvalue weighted by molar-refractivity contribution is 5.28. The Bertz CT molecular complexity index is 578. The number of nitriles is 1. The van der Waals surface area contributed by atoms with E-state index < -0.39 is 0 Å². The van der Waals surface area contributed by atoms with Gasteiger partial charge in [-0.2, -0.15) is 5.26 Å². The molecule has 0 N–H and O–H groups in total. The zero-order chi connectivity index (χ0) is 13.0. The fourth-order valence-electron chi connectivity index (χ4n) is 1.98. The summed E-state index contributed by atoms with van der Waals surface area (Å²) in [6.45, 7) is 4.85. The van der Waals surface area contributed by atoms with E-state index >= 15 is 0 Å². The SMILES string of the molecule is CCCc1c(C#N)nnn1Cc1ccccc1C. The minimum absolute atomic E-state index is 0.449. The maximum Gasteiger partial charge on any atom is 0.185 e. The van der Waals surface area contributed by atoms with E-state index in [0.717, 1.165) is 18.5 Å². The van der Waals surface area contributed by atoms with Crippen molar-refractivity contribution >= 4 is 0 Å². The molecule has 4 heteroatoms. The van der Waals surface area contributed by atoms with E-state index in [2.05, 4.69) is 42.4 Å². The summed E-state index contributed by atoms with van der Waals surface area (Å²) in [5.74, 6) is 0. The molecule has 1 heterocycles. The van der Waals surface area contributed by atoms with Crippen molar-refractivity contribution in [3.05, 3.63) is 46.8 Å². The van der Waals surface area contributed by atoms with E-state index in [9.17, 15) is 0 Å². The molecule has 0 bridgehead atoms. The molecule has 0 atom stereocenters. The van der Waals surface area contributed by atoms with E-state index in [1.54, 1.807) is 0 Å². The standard InChI is InChI=1S/C14H16N4/c1-3-6-14-13(9-15)16-17-18(14)10-12-8-5-4-7-11(12)2/h4-5,7-8H,3,6,10H2,1-2H3. The summed E-state index contributed by atoms with van der Waals surface area (Å²) in [5, 5.41) is 17.0. The predicted octanol–water partition coefficient (Wildman–Crippen LogP) is 2.46. The third-order valence-corrected chi connectivity index (χ3v) is 3.01. The lowest BCUT2D eigenvalue weighted by Crippen LogP contribution is -2.08. The number of benzene rings is 1. The smallest absolute Gasteiger partial charge is 0.185 e. The molecule has 0 aliphatic rings. The van der Waals surface area contributed by atoms with Gasteiger partial charge >= 0.3 is 0 Å². The average molecular weight is 240 g/mol. The normalized spacial score (nSPS) is 10.3. The van der Waals surface area contributed by atoms with Gasteiger partial charge in [0.25, 0.3) is 0 Å². The first kappa shape index (κ1) is 12.3. The van der Waals surface area contributed by atoms with Crippen LogP contribution in [0.1, 0.15) is 35.9 Å². The first-order chi connectivity index (χ1) is 8.76. The van der Waals surface area contributed by atoms with Crippen molar-refractivity contribution in [1.82, 2.24) is 15.0 Å². The molecule has 2 aromatic rings. The summed E-state index contributed by atoms with van der Waals surface area (Å²) in [7, 11) is 0. The third-order valence-electron chi connectivity index (χ3n) is 3.01. The van der Waals surface area contributed by atoms with Crippen molar-refractivity contribution in [3.63, 3.8) is 0 Å². The second-order valence-corrected chi connectivity index (χ2v) is 4.33. The molecule has 0 amide bonds. The van der Waals surface area contributed by atoms with E-state index in [0.29, 0.717) is 12.2 Å². The van der Waals surface area contributed by atoms with E-state index in [4.69, 9.17) is 5.26 Å². The van der Waals surface area contributed by atoms with Gasteiger partial charge in [-0.25, -0.2) is 4.68 Å². The Morgan fingerprint density at radius 2 is 2.11 bits per heavy atom. The number of aromatic nitrogens is 3. The summed E-state index contributed by atoms with van der Waals surface area (Å²) in [5.41, 5.74) is 3.83. The summed E-state index contributed by atoms with van der Waals surface area (Å²) >= 11 is 0. The summed E-state index contributed by atoms with van der Waals surface area (Å²) in [4.78, 5) is 0. The van der Waals surface area contributed by atoms with Crippen LogP contribution in [-0.4, -0.2) is 15.0 Å². The van der Waals surface area contributed by atoms with Gasteiger partial charge in [0, 0.05) is 0 Å². The molecular weight excluding hydrogens is 224 g/mol. The maximum atomic E-state index is 9.01. The number of hydrogen-bond donors (Lipinski definition) is 0. The van der Waals surface area contributed by atoms with Crippen LogP contribution in [0.4, 0.5) is 0 Å². The molecule has 0 aliphatic carbocycles. The van der Waals surface area contributed by atoms with Gasteiger partial charge in [0.2, 0.25) is 0 Å². The molecular formula is C14H16N4. The molecule has 4 nitrogen and oxygen atoms in total. The monoisotopic (exact) mass is 240 g/mol. The highest BCUT2D eigenvalue weighted by Crippen LogP contribution is 2.13. The first-order valence-corrected chi connectivity index (χ1v) is 6.13. The van der Waals surface area contributed by atoms with Gasteiger partial charge in [0.05, 0.1) is 12.2 Å². The molecule has 0 unspecified atom stereocenters. The first-order valence-electron chi connectivity index (χ1n) is 6.13. The number of hydrogen-bond acceptors (Lipinski definition) is 3. The van der Waals surface area contributed by atoms with Crippen LogP contribution in [0.2, 0.25) is 0 Å². The quantitative estimate of drug-likeness (QED) is 0.824. The van der Waals surface area contributed by atoms with Crippen molar-refractivity contribution < 1.29 is 0 Å². The van der Waals surface area contributed by atoms with E-state index in [-0.39, 0.29) is 0 Å². The minimum Gasteiger partial charge on any atom is -0.244 e. The maximum absolute atomic E-state index is 9.01. The van der Waals surface area contributed by atoms with Gasteiger partial charge in [-0.3, -0.25) is 0 Å². The fourth-order valence-corrected chi connectivity index (χ4v) is 1.98. The Kier molecular flexibility index (Phi) is 3.73. The molecule has 0 spiro atoms. The number of aryl methyl sites for hydroxylation is 1. The van der Waals surface area contributed by atoms with Gasteiger partial charge in [0.1, 0.15) is 6.07 Å². The molecule has 0 aliphatic heterocycles. The molecule has 0 radical (unpaired) electrons. The van der Waals surface area contributed by atoms with Crippen molar-refractivity contribution in [2.45, 2.75) is 33.2 Å². The second-order valence-electron chi connectivity index (χ2n) is 4.33. The fraction of sp³-hybridized carbons (Fsp3) is 0.357. The molecule has 0 saturated heterocycles. The predicted molar refractivity (Wildman–Crippen MR) is 69.0 cm³/mol. The second kappa shape index (κ2) is 5.46. The Morgan fingerprint density at radius 1 is 1.33 bits per heavy atom. The van der Waals surface area contributed by atoms with Gasteiger partial charge < -0.3 is 0 Å². The van der Waals surface area contributed by atoms with E-state index in [1.807, 2.05) is 16.8 Å². The molecule has 1 aromatic carbocycles. The highest BCUT2D eigenvalue weighted by atomic mass is 15.4. The van der Waals surface area contributed by atoms with Crippen LogP contribution < -0.4 is 0 Å².